The Labute approximate surface area is 142 Å². The van der Waals surface area contributed by atoms with Crippen molar-refractivity contribution in [1.82, 2.24) is 4.57 Å². The number of hydrogen-bond acceptors (Lipinski definition) is 5. The summed E-state index contributed by atoms with van der Waals surface area (Å²) in [4.78, 5) is 22.9. The summed E-state index contributed by atoms with van der Waals surface area (Å²) in [5, 5.41) is 18.9. The van der Waals surface area contributed by atoms with Gasteiger partial charge in [-0.1, -0.05) is 17.7 Å². The van der Waals surface area contributed by atoms with Crippen LogP contribution in [-0.4, -0.2) is 34.9 Å². The number of benzene rings is 1. The fourth-order valence-corrected chi connectivity index (χ4v) is 3.80. The van der Waals surface area contributed by atoms with E-state index in [1.807, 2.05) is 0 Å². The number of halogens is 1. The van der Waals surface area contributed by atoms with Crippen LogP contribution in [0.3, 0.4) is 0 Å². The Balaban J connectivity index is 2.36. The van der Waals surface area contributed by atoms with E-state index >= 15 is 0 Å². The molecule has 1 aromatic carbocycles. The molecule has 0 atom stereocenters. The maximum atomic E-state index is 12.3. The zero-order valence-electron chi connectivity index (χ0n) is 12.6. The third-order valence-electron chi connectivity index (χ3n) is 3.51. The number of hydrogen-bond donors (Lipinski definition) is 2. The predicted molar refractivity (Wildman–Crippen MR) is 87.5 cm³/mol. The Kier molecular flexibility index (Phi) is 5.00. The summed E-state index contributed by atoms with van der Waals surface area (Å²) in [6, 6.07) is 6.79. The van der Waals surface area contributed by atoms with Crippen molar-refractivity contribution in [3.05, 3.63) is 57.0 Å². The summed E-state index contributed by atoms with van der Waals surface area (Å²) in [5.41, 5.74) is -1.28. The Hall–Kier alpha value is -2.32. The molecule has 0 bridgehead atoms. The molecule has 24 heavy (non-hydrogen) atoms. The normalized spacial score (nSPS) is 11.4. The minimum absolute atomic E-state index is 0.0391. The predicted octanol–water partition coefficient (Wildman–Crippen LogP) is 1.46. The van der Waals surface area contributed by atoms with Crippen LogP contribution in [0.5, 0.6) is 5.75 Å². The minimum Gasteiger partial charge on any atom is -0.502 e. The molecule has 0 radical (unpaired) electrons. The van der Waals surface area contributed by atoms with Crippen molar-refractivity contribution in [3.63, 3.8) is 0 Å². The van der Waals surface area contributed by atoms with Crippen molar-refractivity contribution in [1.29, 1.82) is 0 Å². The van der Waals surface area contributed by atoms with Crippen LogP contribution < -0.4 is 5.43 Å². The lowest BCUT2D eigenvalue weighted by molar-refractivity contribution is 0.0681. The molecule has 1 aromatic heterocycles. The first kappa shape index (κ1) is 18.0. The molecular weight excluding hydrogens is 358 g/mol. The van der Waals surface area contributed by atoms with Gasteiger partial charge in [0.05, 0.1) is 10.6 Å². The van der Waals surface area contributed by atoms with Crippen molar-refractivity contribution < 1.29 is 23.4 Å². The number of pyridine rings is 1. The van der Waals surface area contributed by atoms with Crippen LogP contribution >= 0.6 is 11.6 Å². The van der Waals surface area contributed by atoms with E-state index in [1.165, 1.54) is 25.2 Å². The first-order valence-corrected chi connectivity index (χ1v) is 8.80. The van der Waals surface area contributed by atoms with E-state index in [9.17, 15) is 23.1 Å². The highest BCUT2D eigenvalue weighted by molar-refractivity contribution is 7.91. The van der Waals surface area contributed by atoms with E-state index < -0.39 is 32.7 Å². The molecule has 0 spiro atoms. The Morgan fingerprint density at radius 1 is 1.29 bits per heavy atom. The number of aromatic nitrogens is 1. The zero-order valence-corrected chi connectivity index (χ0v) is 14.1. The van der Waals surface area contributed by atoms with Crippen LogP contribution in [0.15, 0.2) is 40.0 Å². The third kappa shape index (κ3) is 3.60. The summed E-state index contributed by atoms with van der Waals surface area (Å²) in [6.45, 7) is 0. The smallest absolute Gasteiger partial charge is 0.356 e. The molecular formula is C15H14ClNO6S. The molecule has 0 aliphatic rings. The largest absolute Gasteiger partial charge is 0.502 e. The van der Waals surface area contributed by atoms with Crippen LogP contribution in [0.4, 0.5) is 0 Å². The van der Waals surface area contributed by atoms with Gasteiger partial charge < -0.3 is 14.8 Å². The Bertz CT molecular complexity index is 964. The van der Waals surface area contributed by atoms with Gasteiger partial charge >= 0.3 is 5.97 Å². The van der Waals surface area contributed by atoms with Crippen molar-refractivity contribution in [2.75, 3.05) is 5.75 Å². The van der Waals surface area contributed by atoms with Gasteiger partial charge in [-0.05, 0) is 18.2 Å². The molecule has 0 amide bonds. The lowest BCUT2D eigenvalue weighted by atomic mass is 10.2. The minimum atomic E-state index is -3.66. The maximum absolute atomic E-state index is 12.3. The molecule has 1 heterocycles. The van der Waals surface area contributed by atoms with Gasteiger partial charge in [-0.15, -0.1) is 0 Å². The van der Waals surface area contributed by atoms with E-state index in [0.717, 1.165) is 10.6 Å². The zero-order chi connectivity index (χ0) is 18.1. The summed E-state index contributed by atoms with van der Waals surface area (Å²) in [5.74, 6) is -2.71. The lowest BCUT2D eigenvalue weighted by Gasteiger charge is -2.13. The molecule has 0 saturated heterocycles. The van der Waals surface area contributed by atoms with Gasteiger partial charge in [0.1, 0.15) is 0 Å². The second kappa shape index (κ2) is 6.66. The van der Waals surface area contributed by atoms with Crippen molar-refractivity contribution >= 4 is 27.4 Å². The summed E-state index contributed by atoms with van der Waals surface area (Å²) >= 11 is 5.78. The van der Waals surface area contributed by atoms with Crippen molar-refractivity contribution in [3.8, 4) is 5.75 Å². The lowest BCUT2D eigenvalue weighted by Crippen LogP contribution is -2.21. The number of carboxylic acid groups (broad SMARTS) is 1. The maximum Gasteiger partial charge on any atom is 0.356 e. The number of aromatic carboxylic acids is 1. The third-order valence-corrected chi connectivity index (χ3v) is 5.46. The van der Waals surface area contributed by atoms with Gasteiger partial charge in [-0.2, -0.15) is 0 Å². The number of sulfone groups is 1. The quantitative estimate of drug-likeness (QED) is 0.822. The highest BCUT2D eigenvalue weighted by Gasteiger charge is 2.21. The van der Waals surface area contributed by atoms with Gasteiger partial charge in [0.15, 0.2) is 21.3 Å². The van der Waals surface area contributed by atoms with Crippen LogP contribution in [0.2, 0.25) is 5.02 Å². The van der Waals surface area contributed by atoms with E-state index in [1.54, 1.807) is 6.07 Å². The van der Waals surface area contributed by atoms with Gasteiger partial charge in [-0.3, -0.25) is 4.79 Å². The number of aromatic hydroxyl groups is 1. The van der Waals surface area contributed by atoms with Crippen molar-refractivity contribution in [2.24, 2.45) is 7.05 Å². The second-order valence-corrected chi connectivity index (χ2v) is 7.63. The fraction of sp³-hybridized carbons (Fsp3) is 0.200. The summed E-state index contributed by atoms with van der Waals surface area (Å²) < 4.78 is 25.7. The van der Waals surface area contributed by atoms with Gasteiger partial charge in [0.2, 0.25) is 5.43 Å². The molecule has 0 aliphatic carbocycles. The van der Waals surface area contributed by atoms with Crippen molar-refractivity contribution in [2.45, 2.75) is 11.3 Å². The van der Waals surface area contributed by atoms with Gasteiger partial charge in [0, 0.05) is 30.3 Å². The first-order chi connectivity index (χ1) is 11.1. The highest BCUT2D eigenvalue weighted by Crippen LogP contribution is 2.19. The Morgan fingerprint density at radius 2 is 1.96 bits per heavy atom. The van der Waals surface area contributed by atoms with Crippen LogP contribution in [0.1, 0.15) is 16.2 Å². The molecule has 2 rings (SSSR count). The van der Waals surface area contributed by atoms with E-state index in [2.05, 4.69) is 0 Å². The van der Waals surface area contributed by atoms with Gasteiger partial charge in [0.25, 0.3) is 0 Å². The van der Waals surface area contributed by atoms with Crippen LogP contribution in [0.25, 0.3) is 0 Å². The number of carbonyl (C=O) groups is 1. The number of aryl methyl sites for hydroxylation is 1. The van der Waals surface area contributed by atoms with Gasteiger partial charge in [-0.25, -0.2) is 13.2 Å². The van der Waals surface area contributed by atoms with E-state index in [0.29, 0.717) is 0 Å². The number of nitrogens with zero attached hydrogens (tertiary/aromatic N) is 1. The summed E-state index contributed by atoms with van der Waals surface area (Å²) in [6.07, 6.45) is -0.0961. The number of rotatable bonds is 5. The topological polar surface area (TPSA) is 114 Å². The highest BCUT2D eigenvalue weighted by atomic mass is 35.5. The molecule has 7 nitrogen and oxygen atoms in total. The standard InChI is InChI=1S/C15H14ClNO6S/c1-17-10(8-12(18)14(19)13(17)15(20)21)5-6-24(22,23)11-4-2-3-9(16)7-11/h2-4,7-8,19H,5-6H2,1H3,(H,20,21). The molecule has 0 fully saturated rings. The molecule has 0 unspecified atom stereocenters. The molecule has 9 heteroatoms. The van der Waals surface area contributed by atoms with Crippen LogP contribution in [-0.2, 0) is 23.3 Å². The SMILES string of the molecule is Cn1c(CCS(=O)(=O)c2cccc(Cl)c2)cc(=O)c(O)c1C(=O)O. The Morgan fingerprint density at radius 3 is 2.54 bits per heavy atom. The van der Waals surface area contributed by atoms with Crippen LogP contribution in [0, 0.1) is 0 Å². The molecule has 128 valence electrons. The second-order valence-electron chi connectivity index (χ2n) is 5.09. The average Bonchev–Trinajstić information content (AvgIpc) is 2.49. The molecule has 0 saturated carbocycles. The fourth-order valence-electron chi connectivity index (χ4n) is 2.24. The molecule has 2 N–H and O–H groups in total. The number of carboxylic acids is 1. The summed E-state index contributed by atoms with van der Waals surface area (Å²) in [7, 11) is -2.33. The van der Waals surface area contributed by atoms with E-state index in [-0.39, 0.29) is 27.8 Å². The monoisotopic (exact) mass is 371 g/mol. The molecule has 0 aliphatic heterocycles. The van der Waals surface area contributed by atoms with E-state index in [4.69, 9.17) is 16.7 Å². The molecule has 2 aromatic rings. The first-order valence-electron chi connectivity index (χ1n) is 6.77. The average molecular weight is 372 g/mol.